The van der Waals surface area contributed by atoms with Gasteiger partial charge in [-0.25, -0.2) is 9.38 Å². The number of fused-ring (bicyclic) bond motifs is 1. The summed E-state index contributed by atoms with van der Waals surface area (Å²) in [6.07, 6.45) is -6.82. The maximum Gasteiger partial charge on any atom is 0.416 e. The third-order valence-electron chi connectivity index (χ3n) is 4.46. The Labute approximate surface area is 157 Å². The Kier molecular flexibility index (Phi) is 4.27. The first-order valence-electron chi connectivity index (χ1n) is 8.17. The molecule has 9 heteroatoms. The van der Waals surface area contributed by atoms with E-state index in [0.29, 0.717) is 17.7 Å². The Hall–Kier alpha value is -2.32. The Morgan fingerprint density at radius 2 is 1.85 bits per heavy atom. The van der Waals surface area contributed by atoms with Crippen LogP contribution in [0, 0.1) is 0 Å². The van der Waals surface area contributed by atoms with Gasteiger partial charge in [0.15, 0.2) is 0 Å². The highest BCUT2D eigenvalue weighted by atomic mass is 35.5. The van der Waals surface area contributed by atoms with Crippen molar-refractivity contribution in [2.45, 2.75) is 31.2 Å². The van der Waals surface area contributed by atoms with E-state index in [1.807, 2.05) is 0 Å². The fraction of sp³-hybridized carbons (Fsp3) is 0.278. The highest BCUT2D eigenvalue weighted by molar-refractivity contribution is 6.33. The predicted molar refractivity (Wildman–Crippen MR) is 94.0 cm³/mol. The van der Waals surface area contributed by atoms with Crippen LogP contribution in [0.4, 0.5) is 28.9 Å². The number of amidine groups is 1. The number of nitrogens with one attached hydrogen (secondary N) is 1. The van der Waals surface area contributed by atoms with Crippen LogP contribution in [0.3, 0.4) is 0 Å². The maximum atomic E-state index is 13.3. The smallest absolute Gasteiger partial charge is 0.364 e. The number of aliphatic hydroxyl groups is 1. The summed E-state index contributed by atoms with van der Waals surface area (Å²) in [5.41, 5.74) is -0.155. The standard InChI is InChI=1S/C18H14ClF4N3O/c19-11-3-1-2-4-14(11)26-15-7-9(18(21,22)23)5-6-10(15)16(25-17(26)27)24-13-8-12(13)20/h1-7,12-13,17,27H,8H2,(H,24,25)/t12-,13-,17?/m1/s1. The van der Waals surface area contributed by atoms with Crippen molar-refractivity contribution in [1.29, 1.82) is 0 Å². The van der Waals surface area contributed by atoms with E-state index in [9.17, 15) is 22.7 Å². The van der Waals surface area contributed by atoms with Crippen molar-refractivity contribution in [3.8, 4) is 0 Å². The van der Waals surface area contributed by atoms with Crippen molar-refractivity contribution in [2.75, 3.05) is 4.90 Å². The van der Waals surface area contributed by atoms with Gasteiger partial charge in [-0.05, 0) is 30.3 Å². The molecule has 3 atom stereocenters. The van der Waals surface area contributed by atoms with Gasteiger partial charge < -0.3 is 10.4 Å². The van der Waals surface area contributed by atoms with Gasteiger partial charge in [0.05, 0.1) is 28.0 Å². The van der Waals surface area contributed by atoms with Crippen molar-refractivity contribution < 1.29 is 22.7 Å². The molecule has 0 spiro atoms. The van der Waals surface area contributed by atoms with Crippen LogP contribution >= 0.6 is 11.6 Å². The number of anilines is 2. The van der Waals surface area contributed by atoms with Crippen LogP contribution in [-0.2, 0) is 6.18 Å². The SMILES string of the molecule is OC1N=C(N[C@@H]2C[C@H]2F)c2ccc(C(F)(F)F)cc2N1c1ccccc1Cl. The largest absolute Gasteiger partial charge is 0.416 e. The molecular weight excluding hydrogens is 386 g/mol. The molecule has 0 saturated heterocycles. The van der Waals surface area contributed by atoms with E-state index in [1.165, 1.54) is 11.0 Å². The Morgan fingerprint density at radius 1 is 1.15 bits per heavy atom. The molecule has 4 rings (SSSR count). The van der Waals surface area contributed by atoms with Crippen molar-refractivity contribution in [2.24, 2.45) is 4.99 Å². The zero-order valence-electron chi connectivity index (χ0n) is 13.7. The van der Waals surface area contributed by atoms with Gasteiger partial charge in [0.1, 0.15) is 12.0 Å². The molecule has 0 bridgehead atoms. The van der Waals surface area contributed by atoms with Gasteiger partial charge in [-0.15, -0.1) is 0 Å². The molecule has 1 aliphatic heterocycles. The molecule has 0 radical (unpaired) electrons. The van der Waals surface area contributed by atoms with Crippen LogP contribution in [0.5, 0.6) is 0 Å². The zero-order valence-corrected chi connectivity index (χ0v) is 14.5. The van der Waals surface area contributed by atoms with E-state index in [1.54, 1.807) is 24.3 Å². The minimum Gasteiger partial charge on any atom is -0.364 e. The average Bonchev–Trinajstić information content (AvgIpc) is 3.30. The lowest BCUT2D eigenvalue weighted by Crippen LogP contribution is -2.41. The zero-order chi connectivity index (χ0) is 19.3. The molecule has 1 saturated carbocycles. The lowest BCUT2D eigenvalue weighted by molar-refractivity contribution is -0.137. The summed E-state index contributed by atoms with van der Waals surface area (Å²) in [6.45, 7) is 0. The molecule has 27 heavy (non-hydrogen) atoms. The summed E-state index contributed by atoms with van der Waals surface area (Å²) in [5.74, 6) is 0.152. The number of benzene rings is 2. The first kappa shape index (κ1) is 18.1. The molecule has 2 N–H and O–H groups in total. The number of rotatable bonds is 2. The summed E-state index contributed by atoms with van der Waals surface area (Å²) in [5, 5.41) is 13.6. The minimum atomic E-state index is -4.56. The average molecular weight is 400 g/mol. The normalized spacial score (nSPS) is 24.3. The number of hydrogen-bond donors (Lipinski definition) is 2. The Morgan fingerprint density at radius 3 is 2.48 bits per heavy atom. The van der Waals surface area contributed by atoms with E-state index in [0.717, 1.165) is 12.1 Å². The molecular formula is C18H14ClF4N3O. The van der Waals surface area contributed by atoms with E-state index in [-0.39, 0.29) is 16.5 Å². The summed E-state index contributed by atoms with van der Waals surface area (Å²) < 4.78 is 53.0. The molecule has 1 fully saturated rings. The molecule has 2 aliphatic rings. The Balaban J connectivity index is 1.84. The number of nitrogens with zero attached hydrogens (tertiary/aromatic N) is 2. The van der Waals surface area contributed by atoms with Gasteiger partial charge in [0, 0.05) is 12.0 Å². The molecule has 1 aliphatic carbocycles. The fourth-order valence-corrected chi connectivity index (χ4v) is 3.21. The van der Waals surface area contributed by atoms with Crippen LogP contribution < -0.4 is 10.2 Å². The number of halogens is 5. The topological polar surface area (TPSA) is 47.9 Å². The molecule has 2 aromatic rings. The maximum absolute atomic E-state index is 13.3. The first-order chi connectivity index (χ1) is 12.8. The van der Waals surface area contributed by atoms with E-state index < -0.39 is 30.3 Å². The lowest BCUT2D eigenvalue weighted by Gasteiger charge is -2.35. The number of hydrogen-bond acceptors (Lipinski definition) is 4. The summed E-state index contributed by atoms with van der Waals surface area (Å²) >= 11 is 6.18. The highest BCUT2D eigenvalue weighted by Crippen LogP contribution is 2.41. The molecule has 0 aromatic heterocycles. The molecule has 4 nitrogen and oxygen atoms in total. The summed E-state index contributed by atoms with van der Waals surface area (Å²) in [7, 11) is 0. The van der Waals surface area contributed by atoms with Crippen molar-refractivity contribution in [3.63, 3.8) is 0 Å². The van der Waals surface area contributed by atoms with Gasteiger partial charge in [-0.2, -0.15) is 13.2 Å². The van der Waals surface area contributed by atoms with E-state index in [4.69, 9.17) is 11.6 Å². The van der Waals surface area contributed by atoms with Gasteiger partial charge in [0.25, 0.3) is 0 Å². The third-order valence-corrected chi connectivity index (χ3v) is 4.78. The number of para-hydroxylation sites is 1. The van der Waals surface area contributed by atoms with Crippen LogP contribution in [0.25, 0.3) is 0 Å². The number of aliphatic hydroxyl groups excluding tert-OH is 1. The monoisotopic (exact) mass is 399 g/mol. The van der Waals surface area contributed by atoms with Gasteiger partial charge >= 0.3 is 6.18 Å². The minimum absolute atomic E-state index is 0.0824. The van der Waals surface area contributed by atoms with Crippen LogP contribution in [-0.4, -0.2) is 29.5 Å². The lowest BCUT2D eigenvalue weighted by atomic mass is 10.0. The Bertz CT molecular complexity index is 918. The van der Waals surface area contributed by atoms with Gasteiger partial charge in [-0.1, -0.05) is 23.7 Å². The van der Waals surface area contributed by atoms with Crippen LogP contribution in [0.2, 0.25) is 5.02 Å². The second-order valence-electron chi connectivity index (χ2n) is 6.38. The first-order valence-corrected chi connectivity index (χ1v) is 8.55. The number of alkyl halides is 4. The second kappa shape index (κ2) is 6.38. The van der Waals surface area contributed by atoms with Crippen molar-refractivity contribution in [3.05, 3.63) is 58.6 Å². The number of aliphatic imine (C=N–C) groups is 1. The second-order valence-corrected chi connectivity index (χ2v) is 6.78. The fourth-order valence-electron chi connectivity index (χ4n) is 2.98. The quantitative estimate of drug-likeness (QED) is 0.743. The molecule has 2 aromatic carbocycles. The van der Waals surface area contributed by atoms with Crippen LogP contribution in [0.15, 0.2) is 47.5 Å². The highest BCUT2D eigenvalue weighted by Gasteiger charge is 2.41. The van der Waals surface area contributed by atoms with Crippen molar-refractivity contribution >= 4 is 28.8 Å². The summed E-state index contributed by atoms with van der Waals surface area (Å²) in [6, 6.07) is 9.11. The van der Waals surface area contributed by atoms with Crippen LogP contribution in [0.1, 0.15) is 17.5 Å². The molecule has 1 unspecified atom stereocenters. The van der Waals surface area contributed by atoms with Gasteiger partial charge in [-0.3, -0.25) is 4.90 Å². The molecule has 1 heterocycles. The molecule has 0 amide bonds. The predicted octanol–water partition coefficient (Wildman–Crippen LogP) is 4.23. The van der Waals surface area contributed by atoms with E-state index in [2.05, 4.69) is 10.3 Å². The molecule has 142 valence electrons. The van der Waals surface area contributed by atoms with Gasteiger partial charge in [0.2, 0.25) is 6.35 Å². The summed E-state index contributed by atoms with van der Waals surface area (Å²) in [4.78, 5) is 5.33. The third kappa shape index (κ3) is 3.35. The van der Waals surface area contributed by atoms with E-state index >= 15 is 0 Å². The van der Waals surface area contributed by atoms with Crippen molar-refractivity contribution in [1.82, 2.24) is 5.32 Å².